The zero-order valence-electron chi connectivity index (χ0n) is 18.1. The van der Waals surface area contributed by atoms with Crippen LogP contribution >= 0.6 is 0 Å². The van der Waals surface area contributed by atoms with E-state index in [1.54, 1.807) is 0 Å². The molecule has 0 bridgehead atoms. The van der Waals surface area contributed by atoms with E-state index in [1.165, 1.54) is 0 Å². The minimum absolute atomic E-state index is 0.410. The predicted molar refractivity (Wildman–Crippen MR) is 108 cm³/mol. The molecule has 158 valence electrons. The molecule has 1 atom stereocenters. The Hall–Kier alpha value is -2.08. The smallest absolute Gasteiger partial charge is 0.203 e. The summed E-state index contributed by atoms with van der Waals surface area (Å²) in [6.45, 7) is 14.9. The monoisotopic (exact) mass is 394 g/mol. The molecule has 1 aromatic rings. The summed E-state index contributed by atoms with van der Waals surface area (Å²) in [6.07, 6.45) is 0.181. The van der Waals surface area contributed by atoms with Crippen LogP contribution in [0.2, 0.25) is 0 Å². The topological polar surface area (TPSA) is 55.4 Å². The normalized spacial score (nSPS) is 15.9. The second-order valence-electron chi connectivity index (χ2n) is 6.07. The highest BCUT2D eigenvalue weighted by Gasteiger charge is 2.37. The minimum atomic E-state index is -0.410. The lowest BCUT2D eigenvalue weighted by Gasteiger charge is -2.32. The molecule has 0 radical (unpaired) electrons. The van der Waals surface area contributed by atoms with Crippen molar-refractivity contribution in [1.29, 1.82) is 0 Å². The molecule has 1 unspecified atom stereocenters. The molecule has 0 fully saturated rings. The largest absolute Gasteiger partial charge is 0.494 e. The van der Waals surface area contributed by atoms with Gasteiger partial charge in [0.1, 0.15) is 11.9 Å². The molecule has 0 saturated heterocycles. The van der Waals surface area contributed by atoms with Crippen LogP contribution < -0.4 is 14.2 Å². The van der Waals surface area contributed by atoms with Gasteiger partial charge in [-0.05, 0) is 53.2 Å². The van der Waals surface area contributed by atoms with Crippen LogP contribution in [0.25, 0.3) is 0 Å². The van der Waals surface area contributed by atoms with Crippen molar-refractivity contribution in [2.75, 3.05) is 39.6 Å². The van der Waals surface area contributed by atoms with Gasteiger partial charge in [-0.3, -0.25) is 0 Å². The van der Waals surface area contributed by atoms with Gasteiger partial charge in [0.25, 0.3) is 0 Å². The van der Waals surface area contributed by atoms with Gasteiger partial charge in [-0.2, -0.15) is 0 Å². The molecule has 0 saturated carbocycles. The van der Waals surface area contributed by atoms with Gasteiger partial charge >= 0.3 is 0 Å². The lowest BCUT2D eigenvalue weighted by atomic mass is 9.90. The van der Waals surface area contributed by atoms with E-state index >= 15 is 0 Å². The van der Waals surface area contributed by atoms with Gasteiger partial charge in [0, 0.05) is 18.6 Å². The Morgan fingerprint density at radius 3 is 1.89 bits per heavy atom. The molecule has 2 rings (SSSR count). The van der Waals surface area contributed by atoms with Gasteiger partial charge < -0.3 is 28.4 Å². The molecule has 28 heavy (non-hydrogen) atoms. The van der Waals surface area contributed by atoms with Crippen molar-refractivity contribution >= 4 is 0 Å². The van der Waals surface area contributed by atoms with Crippen LogP contribution in [0.1, 0.15) is 58.8 Å². The minimum Gasteiger partial charge on any atom is -0.494 e. The average Bonchev–Trinajstić information content (AvgIpc) is 2.67. The third kappa shape index (κ3) is 4.66. The zero-order chi connectivity index (χ0) is 20.5. The molecule has 0 N–H and O–H groups in total. The summed E-state index contributed by atoms with van der Waals surface area (Å²) in [5.74, 6) is 3.47. The van der Waals surface area contributed by atoms with Crippen LogP contribution in [0.5, 0.6) is 17.2 Å². The van der Waals surface area contributed by atoms with E-state index in [2.05, 4.69) is 0 Å². The summed E-state index contributed by atoms with van der Waals surface area (Å²) in [7, 11) is 0. The van der Waals surface area contributed by atoms with Gasteiger partial charge in [0.05, 0.1) is 33.0 Å². The first-order valence-electron chi connectivity index (χ1n) is 10.3. The van der Waals surface area contributed by atoms with Crippen molar-refractivity contribution < 1.29 is 28.4 Å². The molecule has 6 heteroatoms. The summed E-state index contributed by atoms with van der Waals surface area (Å²) in [4.78, 5) is 0. The molecule has 1 aromatic carbocycles. The lowest BCUT2D eigenvalue weighted by molar-refractivity contribution is 0.0192. The third-order valence-corrected chi connectivity index (χ3v) is 4.28. The fourth-order valence-corrected chi connectivity index (χ4v) is 3.42. The molecule has 0 aliphatic heterocycles. The summed E-state index contributed by atoms with van der Waals surface area (Å²) >= 11 is 0. The maximum absolute atomic E-state index is 6.13. The SMILES string of the molecule is CCOC1=C(OCC)C(OCC)c2c(cc(OCC)c(OCC)c2OCC)C1. The summed E-state index contributed by atoms with van der Waals surface area (Å²) < 4.78 is 35.9. The summed E-state index contributed by atoms with van der Waals surface area (Å²) in [5, 5.41) is 0. The number of benzene rings is 1. The second-order valence-corrected chi connectivity index (χ2v) is 6.07. The molecule has 1 aliphatic rings. The Balaban J connectivity index is 2.72. The predicted octanol–water partition coefficient (Wildman–Crippen LogP) is 4.80. The fourth-order valence-electron chi connectivity index (χ4n) is 3.42. The van der Waals surface area contributed by atoms with Crippen LogP contribution in [0.4, 0.5) is 0 Å². The van der Waals surface area contributed by atoms with Gasteiger partial charge in [-0.25, -0.2) is 0 Å². The van der Waals surface area contributed by atoms with Crippen LogP contribution in [0, 0.1) is 0 Å². The van der Waals surface area contributed by atoms with Crippen molar-refractivity contribution in [3.8, 4) is 17.2 Å². The van der Waals surface area contributed by atoms with E-state index in [1.807, 2.05) is 47.6 Å². The number of ether oxygens (including phenoxy) is 6. The number of rotatable bonds is 12. The van der Waals surface area contributed by atoms with Crippen LogP contribution in [-0.2, 0) is 20.6 Å². The lowest BCUT2D eigenvalue weighted by Crippen LogP contribution is -2.23. The van der Waals surface area contributed by atoms with Crippen LogP contribution in [0.15, 0.2) is 17.6 Å². The molecule has 0 amide bonds. The number of fused-ring (bicyclic) bond motifs is 1. The summed E-state index contributed by atoms with van der Waals surface area (Å²) in [5.41, 5.74) is 1.98. The number of hydrogen-bond donors (Lipinski definition) is 0. The van der Waals surface area contributed by atoms with Crippen molar-refractivity contribution in [2.45, 2.75) is 54.1 Å². The first-order valence-corrected chi connectivity index (χ1v) is 10.3. The standard InChI is InChI=1S/C22H34O6/c1-7-23-16-13-15-14-17(24-8-2)20(26-10-4)22(28-12-6)18(15)21(27-11-5)19(16)25-9-3/h13,22H,7-12,14H2,1-6H3. The molecule has 0 aromatic heterocycles. The Morgan fingerprint density at radius 1 is 0.714 bits per heavy atom. The van der Waals surface area contributed by atoms with Crippen molar-refractivity contribution in [2.24, 2.45) is 0 Å². The average molecular weight is 395 g/mol. The number of hydrogen-bond acceptors (Lipinski definition) is 6. The molecule has 6 nitrogen and oxygen atoms in total. The quantitative estimate of drug-likeness (QED) is 0.507. The van der Waals surface area contributed by atoms with Crippen LogP contribution in [-0.4, -0.2) is 39.6 Å². The van der Waals surface area contributed by atoms with E-state index in [9.17, 15) is 0 Å². The molecule has 0 spiro atoms. The van der Waals surface area contributed by atoms with Gasteiger partial charge in [-0.15, -0.1) is 0 Å². The van der Waals surface area contributed by atoms with Crippen molar-refractivity contribution in [3.63, 3.8) is 0 Å². The molecule has 1 aliphatic carbocycles. The van der Waals surface area contributed by atoms with Gasteiger partial charge in [-0.1, -0.05) is 0 Å². The third-order valence-electron chi connectivity index (χ3n) is 4.28. The second kappa shape index (κ2) is 11.1. The Bertz CT molecular complexity index is 667. The van der Waals surface area contributed by atoms with Crippen LogP contribution in [0.3, 0.4) is 0 Å². The van der Waals surface area contributed by atoms with Crippen molar-refractivity contribution in [3.05, 3.63) is 28.7 Å². The van der Waals surface area contributed by atoms with E-state index in [4.69, 9.17) is 28.4 Å². The fraction of sp³-hybridized carbons (Fsp3) is 0.636. The van der Waals surface area contributed by atoms with E-state index in [0.29, 0.717) is 69.1 Å². The molecule has 0 heterocycles. The molecular formula is C22H34O6. The van der Waals surface area contributed by atoms with E-state index < -0.39 is 6.10 Å². The van der Waals surface area contributed by atoms with Gasteiger partial charge in [0.15, 0.2) is 17.3 Å². The highest BCUT2D eigenvalue weighted by Crippen LogP contribution is 2.50. The van der Waals surface area contributed by atoms with E-state index in [0.717, 1.165) is 16.9 Å². The zero-order valence-corrected chi connectivity index (χ0v) is 18.1. The summed E-state index contributed by atoms with van der Waals surface area (Å²) in [6, 6.07) is 2.01. The first-order chi connectivity index (χ1) is 13.7. The van der Waals surface area contributed by atoms with E-state index in [-0.39, 0.29) is 0 Å². The highest BCUT2D eigenvalue weighted by molar-refractivity contribution is 5.62. The van der Waals surface area contributed by atoms with Gasteiger partial charge in [0.2, 0.25) is 5.75 Å². The Morgan fingerprint density at radius 2 is 1.32 bits per heavy atom. The number of allylic oxidation sites excluding steroid dienone is 1. The molecular weight excluding hydrogens is 360 g/mol. The Kier molecular flexibility index (Phi) is 8.77. The maximum atomic E-state index is 6.13. The highest BCUT2D eigenvalue weighted by atomic mass is 16.6. The first kappa shape index (κ1) is 22.2. The van der Waals surface area contributed by atoms with Crippen molar-refractivity contribution in [1.82, 2.24) is 0 Å². The maximum Gasteiger partial charge on any atom is 0.203 e. The Labute approximate surface area is 168 Å².